The van der Waals surface area contributed by atoms with Crippen molar-refractivity contribution in [2.45, 2.75) is 0 Å². The molecule has 1 N–H and O–H groups in total. The van der Waals surface area contributed by atoms with Crippen molar-refractivity contribution in [3.05, 3.63) is 54.6 Å². The molecule has 0 aromatic heterocycles. The van der Waals surface area contributed by atoms with E-state index >= 15 is 0 Å². The van der Waals surface area contributed by atoms with E-state index in [0.717, 1.165) is 5.75 Å². The van der Waals surface area contributed by atoms with Crippen molar-refractivity contribution in [3.63, 3.8) is 0 Å². The van der Waals surface area contributed by atoms with Gasteiger partial charge in [0.1, 0.15) is 11.5 Å². The lowest BCUT2D eigenvalue weighted by atomic mass is 10.3. The number of ether oxygens (including phenoxy) is 2. The zero-order valence-corrected chi connectivity index (χ0v) is 13.3. The van der Waals surface area contributed by atoms with Crippen LogP contribution in [-0.2, 0) is 14.9 Å². The molecule has 0 aliphatic carbocycles. The van der Waals surface area contributed by atoms with Crippen LogP contribution in [0.25, 0.3) is 0 Å². The van der Waals surface area contributed by atoms with Gasteiger partial charge in [0.25, 0.3) is 0 Å². The van der Waals surface area contributed by atoms with Crippen LogP contribution in [0.15, 0.2) is 54.6 Å². The molecule has 23 heavy (non-hydrogen) atoms. The molecule has 1 saturated heterocycles. The largest absolute Gasteiger partial charge is 0.457 e. The van der Waals surface area contributed by atoms with Gasteiger partial charge in [-0.1, -0.05) is 18.2 Å². The van der Waals surface area contributed by atoms with E-state index in [-0.39, 0.29) is 0 Å². The first-order valence-corrected chi connectivity index (χ1v) is 8.76. The zero-order chi connectivity index (χ0) is 16.1. The third-order valence-corrected chi connectivity index (χ3v) is 4.93. The number of nitrogens with one attached hydrogen (secondary N) is 1. The molecule has 0 radical (unpaired) electrons. The SMILES string of the molecule is O=S(=O)(Nc1ccc(Oc2ccccc2)cc1)N1CCOCC1. The highest BCUT2D eigenvalue weighted by molar-refractivity contribution is 7.90. The Morgan fingerprint density at radius 1 is 0.913 bits per heavy atom. The summed E-state index contributed by atoms with van der Waals surface area (Å²) in [5.41, 5.74) is 0.497. The number of rotatable bonds is 5. The van der Waals surface area contributed by atoms with Gasteiger partial charge >= 0.3 is 10.2 Å². The summed E-state index contributed by atoms with van der Waals surface area (Å²) in [5.74, 6) is 1.37. The van der Waals surface area contributed by atoms with Crippen LogP contribution in [0.5, 0.6) is 11.5 Å². The van der Waals surface area contributed by atoms with E-state index in [9.17, 15) is 8.42 Å². The minimum Gasteiger partial charge on any atom is -0.457 e. The molecule has 0 bridgehead atoms. The fraction of sp³-hybridized carbons (Fsp3) is 0.250. The van der Waals surface area contributed by atoms with Crippen molar-refractivity contribution in [1.82, 2.24) is 4.31 Å². The van der Waals surface area contributed by atoms with Crippen molar-refractivity contribution in [1.29, 1.82) is 0 Å². The summed E-state index contributed by atoms with van der Waals surface area (Å²) in [4.78, 5) is 0. The van der Waals surface area contributed by atoms with Gasteiger partial charge in [-0.3, -0.25) is 4.72 Å². The second-order valence-electron chi connectivity index (χ2n) is 5.06. The second kappa shape index (κ2) is 6.99. The maximum Gasteiger partial charge on any atom is 0.301 e. The Balaban J connectivity index is 1.65. The van der Waals surface area contributed by atoms with E-state index in [1.54, 1.807) is 24.3 Å². The van der Waals surface area contributed by atoms with Crippen LogP contribution in [-0.4, -0.2) is 39.0 Å². The Labute approximate surface area is 135 Å². The van der Waals surface area contributed by atoms with Gasteiger partial charge in [-0.15, -0.1) is 0 Å². The Hall–Kier alpha value is -2.09. The van der Waals surface area contributed by atoms with Gasteiger partial charge in [-0.2, -0.15) is 12.7 Å². The highest BCUT2D eigenvalue weighted by Gasteiger charge is 2.23. The summed E-state index contributed by atoms with van der Waals surface area (Å²) in [6, 6.07) is 16.2. The maximum absolute atomic E-state index is 12.3. The zero-order valence-electron chi connectivity index (χ0n) is 12.5. The van der Waals surface area contributed by atoms with E-state index < -0.39 is 10.2 Å². The summed E-state index contributed by atoms with van der Waals surface area (Å²) in [7, 11) is -3.55. The van der Waals surface area contributed by atoms with Crippen LogP contribution in [0.4, 0.5) is 5.69 Å². The second-order valence-corrected chi connectivity index (χ2v) is 6.73. The first-order chi connectivity index (χ1) is 11.1. The molecule has 6 nitrogen and oxygen atoms in total. The Morgan fingerprint density at radius 3 is 2.17 bits per heavy atom. The standard InChI is InChI=1S/C16H18N2O4S/c19-23(20,18-10-12-21-13-11-18)17-14-6-8-16(9-7-14)22-15-4-2-1-3-5-15/h1-9,17H,10-13H2. The fourth-order valence-corrected chi connectivity index (χ4v) is 3.41. The van der Waals surface area contributed by atoms with Crippen LogP contribution in [0.2, 0.25) is 0 Å². The third kappa shape index (κ3) is 4.22. The van der Waals surface area contributed by atoms with Crippen molar-refractivity contribution < 1.29 is 17.9 Å². The van der Waals surface area contributed by atoms with Crippen LogP contribution >= 0.6 is 0 Å². The predicted octanol–water partition coefficient (Wildman–Crippen LogP) is 2.47. The van der Waals surface area contributed by atoms with Crippen molar-refractivity contribution in [2.75, 3.05) is 31.0 Å². The summed E-state index contributed by atoms with van der Waals surface area (Å²) in [6.45, 7) is 1.57. The van der Waals surface area contributed by atoms with Crippen molar-refractivity contribution in [2.24, 2.45) is 0 Å². The number of para-hydroxylation sites is 1. The normalized spacial score (nSPS) is 16.0. The van der Waals surface area contributed by atoms with Crippen LogP contribution in [0, 0.1) is 0 Å². The average Bonchev–Trinajstić information content (AvgIpc) is 2.58. The number of hydrogen-bond donors (Lipinski definition) is 1. The Bertz CT molecular complexity index is 726. The number of morpholine rings is 1. The van der Waals surface area contributed by atoms with Gasteiger partial charge in [0.15, 0.2) is 0 Å². The predicted molar refractivity (Wildman–Crippen MR) is 87.9 cm³/mol. The first-order valence-electron chi connectivity index (χ1n) is 7.32. The van der Waals surface area contributed by atoms with Gasteiger partial charge in [-0.05, 0) is 36.4 Å². The van der Waals surface area contributed by atoms with Gasteiger partial charge < -0.3 is 9.47 Å². The van der Waals surface area contributed by atoms with Crippen molar-refractivity contribution in [3.8, 4) is 11.5 Å². The Morgan fingerprint density at radius 2 is 1.52 bits per heavy atom. The molecule has 1 heterocycles. The molecule has 122 valence electrons. The molecule has 0 atom stereocenters. The van der Waals surface area contributed by atoms with Crippen LogP contribution in [0.3, 0.4) is 0 Å². The van der Waals surface area contributed by atoms with E-state index in [0.29, 0.717) is 37.7 Å². The quantitative estimate of drug-likeness (QED) is 0.912. The van der Waals surface area contributed by atoms with E-state index in [1.807, 2.05) is 30.3 Å². The minimum absolute atomic E-state index is 0.366. The minimum atomic E-state index is -3.55. The Kier molecular flexibility index (Phi) is 4.80. The molecular weight excluding hydrogens is 316 g/mol. The van der Waals surface area contributed by atoms with Gasteiger partial charge in [0.05, 0.1) is 18.9 Å². The van der Waals surface area contributed by atoms with E-state index in [4.69, 9.17) is 9.47 Å². The fourth-order valence-electron chi connectivity index (χ4n) is 2.22. The molecule has 1 aliphatic rings. The molecule has 2 aromatic rings. The molecule has 1 aliphatic heterocycles. The maximum atomic E-state index is 12.3. The molecule has 0 unspecified atom stereocenters. The summed E-state index contributed by atoms with van der Waals surface area (Å²) in [6.07, 6.45) is 0. The number of anilines is 1. The van der Waals surface area contributed by atoms with Gasteiger partial charge in [-0.25, -0.2) is 0 Å². The molecule has 0 spiro atoms. The van der Waals surface area contributed by atoms with Gasteiger partial charge in [0, 0.05) is 13.1 Å². The van der Waals surface area contributed by atoms with E-state index in [2.05, 4.69) is 4.72 Å². The molecule has 2 aromatic carbocycles. The molecule has 3 rings (SSSR count). The molecular formula is C16H18N2O4S. The van der Waals surface area contributed by atoms with Crippen LogP contribution in [0.1, 0.15) is 0 Å². The van der Waals surface area contributed by atoms with E-state index in [1.165, 1.54) is 4.31 Å². The molecule has 1 fully saturated rings. The summed E-state index contributed by atoms with van der Waals surface area (Å²) >= 11 is 0. The smallest absolute Gasteiger partial charge is 0.301 e. The third-order valence-electron chi connectivity index (χ3n) is 3.39. The van der Waals surface area contributed by atoms with Crippen molar-refractivity contribution >= 4 is 15.9 Å². The number of nitrogens with zero attached hydrogens (tertiary/aromatic N) is 1. The average molecular weight is 334 g/mol. The highest BCUT2D eigenvalue weighted by Crippen LogP contribution is 2.23. The first kappa shape index (κ1) is 15.8. The molecule has 0 amide bonds. The molecule has 7 heteroatoms. The summed E-state index contributed by atoms with van der Waals surface area (Å²) < 4.78 is 39.3. The lowest BCUT2D eigenvalue weighted by Gasteiger charge is -2.26. The number of hydrogen-bond acceptors (Lipinski definition) is 4. The number of benzene rings is 2. The highest BCUT2D eigenvalue weighted by atomic mass is 32.2. The monoisotopic (exact) mass is 334 g/mol. The lowest BCUT2D eigenvalue weighted by Crippen LogP contribution is -2.43. The topological polar surface area (TPSA) is 67.9 Å². The van der Waals surface area contributed by atoms with Gasteiger partial charge in [0.2, 0.25) is 0 Å². The summed E-state index contributed by atoms with van der Waals surface area (Å²) in [5, 5.41) is 0. The molecule has 0 saturated carbocycles. The lowest BCUT2D eigenvalue weighted by molar-refractivity contribution is 0.0733. The van der Waals surface area contributed by atoms with Crippen LogP contribution < -0.4 is 9.46 Å².